The third kappa shape index (κ3) is 5.86. The van der Waals surface area contributed by atoms with Crippen molar-refractivity contribution in [1.82, 2.24) is 25.5 Å². The number of carbonyl (C=O) groups is 2. The predicted molar refractivity (Wildman–Crippen MR) is 136 cm³/mol. The van der Waals surface area contributed by atoms with E-state index in [-0.39, 0.29) is 12.5 Å². The van der Waals surface area contributed by atoms with Gasteiger partial charge in [0.05, 0.1) is 0 Å². The van der Waals surface area contributed by atoms with Crippen LogP contribution in [0.1, 0.15) is 43.9 Å². The van der Waals surface area contributed by atoms with Gasteiger partial charge in [0.1, 0.15) is 18.1 Å². The summed E-state index contributed by atoms with van der Waals surface area (Å²) in [6, 6.07) is 19.2. The van der Waals surface area contributed by atoms with E-state index in [1.54, 1.807) is 31.2 Å². The number of carbonyl (C=O) groups excluding carboxylic acids is 2. The van der Waals surface area contributed by atoms with Crippen molar-refractivity contribution < 1.29 is 14.0 Å². The zero-order valence-electron chi connectivity index (χ0n) is 21.1. The Bertz CT molecular complexity index is 1340. The number of furan rings is 1. The molecule has 0 aliphatic carbocycles. The minimum absolute atomic E-state index is 0.216. The molecule has 2 aromatic heterocycles. The van der Waals surface area contributed by atoms with E-state index >= 15 is 0 Å². The first-order valence-electron chi connectivity index (χ1n) is 11.7. The summed E-state index contributed by atoms with van der Waals surface area (Å²) < 4.78 is 5.85. The smallest absolute Gasteiger partial charge is 0.251 e. The molecule has 0 radical (unpaired) electrons. The zero-order valence-corrected chi connectivity index (χ0v) is 21.1. The van der Waals surface area contributed by atoms with E-state index in [0.717, 1.165) is 11.1 Å². The second-order valence-corrected chi connectivity index (χ2v) is 9.70. The topological polar surface area (TPSA) is 106 Å². The molecule has 9 heteroatoms. The number of nitrogens with one attached hydrogen (secondary N) is 1. The number of tetrazole rings is 1. The normalized spacial score (nSPS) is 12.2. The van der Waals surface area contributed by atoms with Crippen LogP contribution in [0.4, 0.5) is 5.69 Å². The lowest BCUT2D eigenvalue weighted by Gasteiger charge is -2.32. The number of aromatic nitrogens is 4. The third-order valence-corrected chi connectivity index (χ3v) is 5.38. The first-order valence-corrected chi connectivity index (χ1v) is 11.7. The Balaban J connectivity index is 1.69. The van der Waals surface area contributed by atoms with E-state index in [9.17, 15) is 9.59 Å². The summed E-state index contributed by atoms with van der Waals surface area (Å²) in [7, 11) is 0. The van der Waals surface area contributed by atoms with Crippen molar-refractivity contribution in [3.05, 3.63) is 83.8 Å². The van der Waals surface area contributed by atoms with Gasteiger partial charge >= 0.3 is 0 Å². The second-order valence-electron chi connectivity index (χ2n) is 9.70. The van der Waals surface area contributed by atoms with Crippen molar-refractivity contribution in [1.29, 1.82) is 0 Å². The first kappa shape index (κ1) is 24.8. The van der Waals surface area contributed by atoms with Crippen LogP contribution in [0.2, 0.25) is 0 Å². The molecule has 0 spiro atoms. The fraction of sp³-hybridized carbons (Fsp3) is 0.296. The molecule has 2 heterocycles. The Morgan fingerprint density at radius 3 is 2.31 bits per heavy atom. The van der Waals surface area contributed by atoms with Crippen LogP contribution in [-0.4, -0.2) is 37.6 Å². The fourth-order valence-electron chi connectivity index (χ4n) is 3.76. The van der Waals surface area contributed by atoms with Crippen LogP contribution in [0.5, 0.6) is 0 Å². The molecule has 0 fully saturated rings. The van der Waals surface area contributed by atoms with E-state index in [1.165, 1.54) is 9.70 Å². The minimum Gasteiger partial charge on any atom is -0.464 e. The van der Waals surface area contributed by atoms with Crippen molar-refractivity contribution in [3.63, 3.8) is 0 Å². The Hall–Kier alpha value is -4.27. The molecule has 2 aromatic carbocycles. The maximum atomic E-state index is 13.8. The lowest BCUT2D eigenvalue weighted by Crippen LogP contribution is -2.50. The van der Waals surface area contributed by atoms with Gasteiger partial charge in [0, 0.05) is 16.8 Å². The lowest BCUT2D eigenvalue weighted by molar-refractivity contribution is -0.128. The molecule has 0 saturated carbocycles. The summed E-state index contributed by atoms with van der Waals surface area (Å²) in [4.78, 5) is 30.0. The molecule has 1 atom stereocenters. The molecule has 36 heavy (non-hydrogen) atoms. The number of hydrogen-bond donors (Lipinski definition) is 1. The van der Waals surface area contributed by atoms with Gasteiger partial charge in [0.15, 0.2) is 6.04 Å². The standard InChI is InChI=1S/C27H30N6O3/c1-18-11-14-20(15-12-18)25-29-31-32(30-25)17-23(34)33(21-9-7-6-8-10-21)24(22-16-13-19(2)36-22)26(35)28-27(3,4)5/h6-16,24H,17H2,1-5H3,(H,28,35)/t24-/m1/s1. The molecular formula is C27H30N6O3. The van der Waals surface area contributed by atoms with Gasteiger partial charge in [0.25, 0.3) is 11.8 Å². The van der Waals surface area contributed by atoms with Crippen molar-refractivity contribution in [2.45, 2.75) is 52.7 Å². The highest BCUT2D eigenvalue weighted by Gasteiger charge is 2.36. The highest BCUT2D eigenvalue weighted by Crippen LogP contribution is 2.30. The van der Waals surface area contributed by atoms with Gasteiger partial charge in [-0.3, -0.25) is 14.5 Å². The van der Waals surface area contributed by atoms with Crippen LogP contribution >= 0.6 is 0 Å². The molecule has 0 saturated heterocycles. The van der Waals surface area contributed by atoms with Crippen molar-refractivity contribution in [2.75, 3.05) is 4.90 Å². The van der Waals surface area contributed by atoms with E-state index in [2.05, 4.69) is 20.7 Å². The monoisotopic (exact) mass is 486 g/mol. The fourth-order valence-corrected chi connectivity index (χ4v) is 3.76. The predicted octanol–water partition coefficient (Wildman–Crippen LogP) is 4.24. The average Bonchev–Trinajstić information content (AvgIpc) is 3.46. The maximum absolute atomic E-state index is 13.8. The largest absolute Gasteiger partial charge is 0.464 e. The van der Waals surface area contributed by atoms with Crippen molar-refractivity contribution >= 4 is 17.5 Å². The number of amides is 2. The molecule has 4 aromatic rings. The highest BCUT2D eigenvalue weighted by molar-refractivity contribution is 6.01. The Kier molecular flexibility index (Phi) is 7.00. The minimum atomic E-state index is -1.03. The molecule has 0 unspecified atom stereocenters. The number of rotatable bonds is 7. The molecule has 1 N–H and O–H groups in total. The third-order valence-electron chi connectivity index (χ3n) is 5.38. The van der Waals surface area contributed by atoms with E-state index in [4.69, 9.17) is 4.42 Å². The van der Waals surface area contributed by atoms with Crippen LogP contribution in [0, 0.1) is 13.8 Å². The molecule has 0 bridgehead atoms. The number of para-hydroxylation sites is 1. The zero-order chi connectivity index (χ0) is 25.9. The Morgan fingerprint density at radius 1 is 1.00 bits per heavy atom. The number of anilines is 1. The van der Waals surface area contributed by atoms with Gasteiger partial charge in [-0.15, -0.1) is 10.2 Å². The van der Waals surface area contributed by atoms with Gasteiger partial charge in [-0.2, -0.15) is 4.80 Å². The van der Waals surface area contributed by atoms with E-state index in [1.807, 2.05) is 70.2 Å². The van der Waals surface area contributed by atoms with Gasteiger partial charge in [-0.25, -0.2) is 0 Å². The summed E-state index contributed by atoms with van der Waals surface area (Å²) in [5.74, 6) is 0.661. The van der Waals surface area contributed by atoms with Gasteiger partial charge in [-0.1, -0.05) is 48.0 Å². The van der Waals surface area contributed by atoms with Crippen LogP contribution in [-0.2, 0) is 16.1 Å². The quantitative estimate of drug-likeness (QED) is 0.419. The van der Waals surface area contributed by atoms with Gasteiger partial charge in [0.2, 0.25) is 5.82 Å². The van der Waals surface area contributed by atoms with Crippen LogP contribution in [0.3, 0.4) is 0 Å². The van der Waals surface area contributed by atoms with E-state index < -0.39 is 17.5 Å². The summed E-state index contributed by atoms with van der Waals surface area (Å²) in [5, 5.41) is 15.6. The SMILES string of the molecule is Cc1ccc(-c2nnn(CC(=O)N(c3ccccc3)[C@@H](C(=O)NC(C)(C)C)c3ccc(C)o3)n2)cc1. The Labute approximate surface area is 210 Å². The van der Waals surface area contributed by atoms with Crippen LogP contribution in [0.25, 0.3) is 11.4 Å². The molecule has 9 nitrogen and oxygen atoms in total. The summed E-state index contributed by atoms with van der Waals surface area (Å²) in [6.07, 6.45) is 0. The summed E-state index contributed by atoms with van der Waals surface area (Å²) in [5.41, 5.74) is 1.95. The first-order chi connectivity index (χ1) is 17.1. The van der Waals surface area contributed by atoms with Gasteiger partial charge < -0.3 is 9.73 Å². The molecule has 0 aliphatic heterocycles. The summed E-state index contributed by atoms with van der Waals surface area (Å²) in [6.45, 7) is 9.23. The van der Waals surface area contributed by atoms with Gasteiger partial charge in [-0.05, 0) is 64.1 Å². The van der Waals surface area contributed by atoms with Crippen molar-refractivity contribution in [2.24, 2.45) is 0 Å². The lowest BCUT2D eigenvalue weighted by atomic mass is 10.1. The van der Waals surface area contributed by atoms with Crippen molar-refractivity contribution in [3.8, 4) is 11.4 Å². The summed E-state index contributed by atoms with van der Waals surface area (Å²) >= 11 is 0. The Morgan fingerprint density at radius 2 is 1.69 bits per heavy atom. The number of aryl methyl sites for hydroxylation is 2. The van der Waals surface area contributed by atoms with Crippen LogP contribution in [0.15, 0.2) is 71.1 Å². The molecule has 186 valence electrons. The maximum Gasteiger partial charge on any atom is 0.251 e. The van der Waals surface area contributed by atoms with Crippen LogP contribution < -0.4 is 10.2 Å². The number of nitrogens with zero attached hydrogens (tertiary/aromatic N) is 5. The molecule has 4 rings (SSSR count). The average molecular weight is 487 g/mol. The second kappa shape index (κ2) is 10.2. The molecular weight excluding hydrogens is 456 g/mol. The number of hydrogen-bond acceptors (Lipinski definition) is 6. The number of benzene rings is 2. The highest BCUT2D eigenvalue weighted by atomic mass is 16.3. The molecule has 2 amide bonds. The molecule has 0 aliphatic rings. The van der Waals surface area contributed by atoms with E-state index in [0.29, 0.717) is 23.0 Å².